The molecule has 1 aliphatic carbocycles. The monoisotopic (exact) mass is 288 g/mol. The average Bonchev–Trinajstić information content (AvgIpc) is 3.16. The molecule has 2 atom stereocenters. The molecule has 1 saturated carbocycles. The van der Waals surface area contributed by atoms with E-state index in [4.69, 9.17) is 9.26 Å². The lowest BCUT2D eigenvalue weighted by molar-refractivity contribution is 0.332. The summed E-state index contributed by atoms with van der Waals surface area (Å²) >= 11 is 0. The lowest BCUT2D eigenvalue weighted by Gasteiger charge is -2.14. The van der Waals surface area contributed by atoms with E-state index in [-0.39, 0.29) is 0 Å². The third-order valence-corrected chi connectivity index (χ3v) is 4.06. The van der Waals surface area contributed by atoms with Crippen LogP contribution in [0, 0.1) is 0 Å². The molecular weight excluding hydrogens is 268 g/mol. The number of likely N-dealkylation sites (N-methyl/N-ethyl adjacent to an activating group) is 1. The predicted molar refractivity (Wildman–Crippen MR) is 77.3 cm³/mol. The third kappa shape index (κ3) is 3.05. The number of methoxy groups -OCH3 is 1. The minimum absolute atomic E-state index is 0.338. The molecule has 2 aromatic rings. The zero-order chi connectivity index (χ0) is 14.7. The Kier molecular flexibility index (Phi) is 4.15. The molecule has 0 bridgehead atoms. The normalized spacial score (nSPS) is 21.6. The minimum atomic E-state index is 0.338. The van der Waals surface area contributed by atoms with Gasteiger partial charge < -0.3 is 14.6 Å². The zero-order valence-electron chi connectivity index (χ0n) is 12.4. The molecule has 0 spiro atoms. The van der Waals surface area contributed by atoms with Gasteiger partial charge in [-0.2, -0.15) is 4.98 Å². The largest absolute Gasteiger partial charge is 0.481 e. The number of nitrogens with one attached hydrogen (secondary N) is 1. The summed E-state index contributed by atoms with van der Waals surface area (Å²) in [7, 11) is 3.59. The van der Waals surface area contributed by atoms with E-state index < -0.39 is 0 Å². The minimum Gasteiger partial charge on any atom is -0.481 e. The first kappa shape index (κ1) is 14.0. The quantitative estimate of drug-likeness (QED) is 0.906. The van der Waals surface area contributed by atoms with Gasteiger partial charge in [0.1, 0.15) is 0 Å². The summed E-state index contributed by atoms with van der Waals surface area (Å²) in [5, 5.41) is 7.43. The molecule has 0 radical (unpaired) electrons. The lowest BCUT2D eigenvalue weighted by atomic mass is 10.0. The SMILES string of the molecule is CNC1CCCC1c1nc(Cc2ccc(OC)nc2)no1. The lowest BCUT2D eigenvalue weighted by Crippen LogP contribution is -2.27. The highest BCUT2D eigenvalue weighted by molar-refractivity contribution is 5.20. The molecule has 0 aromatic carbocycles. The van der Waals surface area contributed by atoms with Crippen molar-refractivity contribution in [2.24, 2.45) is 0 Å². The van der Waals surface area contributed by atoms with Gasteiger partial charge >= 0.3 is 0 Å². The van der Waals surface area contributed by atoms with Gasteiger partial charge in [0.2, 0.25) is 11.8 Å². The van der Waals surface area contributed by atoms with Crippen molar-refractivity contribution >= 4 is 0 Å². The second kappa shape index (κ2) is 6.22. The first-order valence-electron chi connectivity index (χ1n) is 7.29. The van der Waals surface area contributed by atoms with Gasteiger partial charge in [0.05, 0.1) is 13.0 Å². The van der Waals surface area contributed by atoms with Gasteiger partial charge in [0.15, 0.2) is 5.82 Å². The molecule has 0 aliphatic heterocycles. The summed E-state index contributed by atoms with van der Waals surface area (Å²) in [5.74, 6) is 2.41. The van der Waals surface area contributed by atoms with Crippen molar-refractivity contribution in [1.29, 1.82) is 0 Å². The van der Waals surface area contributed by atoms with E-state index in [1.807, 2.05) is 19.2 Å². The second-order valence-corrected chi connectivity index (χ2v) is 5.37. The van der Waals surface area contributed by atoms with Crippen molar-refractivity contribution in [3.05, 3.63) is 35.6 Å². The Morgan fingerprint density at radius 3 is 3.00 bits per heavy atom. The predicted octanol–water partition coefficient (Wildman–Crippen LogP) is 1.92. The maximum Gasteiger partial charge on any atom is 0.231 e. The Morgan fingerprint density at radius 1 is 1.38 bits per heavy atom. The number of nitrogens with zero attached hydrogens (tertiary/aromatic N) is 3. The highest BCUT2D eigenvalue weighted by atomic mass is 16.5. The van der Waals surface area contributed by atoms with E-state index in [0.717, 1.165) is 17.9 Å². The van der Waals surface area contributed by atoms with Crippen molar-refractivity contribution in [1.82, 2.24) is 20.4 Å². The molecule has 1 fully saturated rings. The molecule has 21 heavy (non-hydrogen) atoms. The number of hydrogen-bond donors (Lipinski definition) is 1. The van der Waals surface area contributed by atoms with E-state index in [1.165, 1.54) is 12.8 Å². The molecule has 112 valence electrons. The molecule has 6 heteroatoms. The van der Waals surface area contributed by atoms with Crippen molar-refractivity contribution in [2.45, 2.75) is 37.6 Å². The summed E-state index contributed by atoms with van der Waals surface area (Å²) in [6.07, 6.45) is 5.88. The molecule has 2 heterocycles. The summed E-state index contributed by atoms with van der Waals surface area (Å²) in [5.41, 5.74) is 1.04. The molecule has 2 unspecified atom stereocenters. The maximum absolute atomic E-state index is 5.45. The van der Waals surface area contributed by atoms with Crippen molar-refractivity contribution in [3.8, 4) is 5.88 Å². The fourth-order valence-electron chi connectivity index (χ4n) is 2.91. The van der Waals surface area contributed by atoms with Crippen LogP contribution >= 0.6 is 0 Å². The van der Waals surface area contributed by atoms with Crippen molar-refractivity contribution in [3.63, 3.8) is 0 Å². The topological polar surface area (TPSA) is 73.1 Å². The third-order valence-electron chi connectivity index (χ3n) is 4.06. The van der Waals surface area contributed by atoms with E-state index in [1.54, 1.807) is 13.3 Å². The number of rotatable bonds is 5. The second-order valence-electron chi connectivity index (χ2n) is 5.37. The standard InChI is InChI=1S/C15H20N4O2/c1-16-12-5-3-4-11(12)15-18-13(19-21-15)8-10-6-7-14(20-2)17-9-10/h6-7,9,11-12,16H,3-5,8H2,1-2H3. The number of aromatic nitrogens is 3. The molecule has 1 N–H and O–H groups in total. The Bertz CT molecular complexity index is 582. The number of ether oxygens (including phenoxy) is 1. The molecule has 2 aromatic heterocycles. The smallest absolute Gasteiger partial charge is 0.231 e. The molecule has 6 nitrogen and oxygen atoms in total. The molecule has 1 aliphatic rings. The Hall–Kier alpha value is -1.95. The van der Waals surface area contributed by atoms with Gasteiger partial charge in [0, 0.05) is 24.7 Å². The van der Waals surface area contributed by atoms with E-state index >= 15 is 0 Å². The zero-order valence-corrected chi connectivity index (χ0v) is 12.4. The van der Waals surface area contributed by atoms with E-state index in [0.29, 0.717) is 30.1 Å². The van der Waals surface area contributed by atoms with Gasteiger partial charge in [-0.05, 0) is 25.5 Å². The van der Waals surface area contributed by atoms with Crippen LogP contribution in [0.15, 0.2) is 22.9 Å². The van der Waals surface area contributed by atoms with Crippen LogP contribution in [0.3, 0.4) is 0 Å². The number of hydrogen-bond acceptors (Lipinski definition) is 6. The highest BCUT2D eigenvalue weighted by Crippen LogP contribution is 2.33. The fourth-order valence-corrected chi connectivity index (χ4v) is 2.91. The Balaban J connectivity index is 1.69. The molecule has 3 rings (SSSR count). The molecule has 0 amide bonds. The van der Waals surface area contributed by atoms with Crippen LogP contribution < -0.4 is 10.1 Å². The van der Waals surface area contributed by atoms with Crippen LogP contribution in [0.25, 0.3) is 0 Å². The van der Waals surface area contributed by atoms with Gasteiger partial charge in [-0.1, -0.05) is 17.6 Å². The van der Waals surface area contributed by atoms with Gasteiger partial charge in [0.25, 0.3) is 0 Å². The summed E-state index contributed by atoms with van der Waals surface area (Å²) in [6, 6.07) is 4.25. The number of pyridine rings is 1. The van der Waals surface area contributed by atoms with Gasteiger partial charge in [-0.25, -0.2) is 4.98 Å². The van der Waals surface area contributed by atoms with Crippen LogP contribution in [-0.4, -0.2) is 35.3 Å². The van der Waals surface area contributed by atoms with E-state index in [9.17, 15) is 0 Å². The maximum atomic E-state index is 5.45. The van der Waals surface area contributed by atoms with Crippen LogP contribution in [0.4, 0.5) is 0 Å². The summed E-state index contributed by atoms with van der Waals surface area (Å²) in [4.78, 5) is 8.74. The van der Waals surface area contributed by atoms with Crippen LogP contribution in [0.5, 0.6) is 5.88 Å². The molecule has 0 saturated heterocycles. The van der Waals surface area contributed by atoms with Crippen molar-refractivity contribution in [2.75, 3.05) is 14.2 Å². The van der Waals surface area contributed by atoms with Crippen molar-refractivity contribution < 1.29 is 9.26 Å². The fraction of sp³-hybridized carbons (Fsp3) is 0.533. The first-order valence-corrected chi connectivity index (χ1v) is 7.29. The Labute approximate surface area is 123 Å². The molecular formula is C15H20N4O2. The van der Waals surface area contributed by atoms with Crippen LogP contribution in [0.1, 0.15) is 42.5 Å². The average molecular weight is 288 g/mol. The highest BCUT2D eigenvalue weighted by Gasteiger charge is 2.31. The first-order chi connectivity index (χ1) is 10.3. The Morgan fingerprint density at radius 2 is 2.29 bits per heavy atom. The summed E-state index contributed by atoms with van der Waals surface area (Å²) in [6.45, 7) is 0. The van der Waals surface area contributed by atoms with Gasteiger partial charge in [-0.3, -0.25) is 0 Å². The summed E-state index contributed by atoms with van der Waals surface area (Å²) < 4.78 is 10.5. The van der Waals surface area contributed by atoms with E-state index in [2.05, 4.69) is 20.4 Å². The van der Waals surface area contributed by atoms with Crippen LogP contribution in [0.2, 0.25) is 0 Å². The van der Waals surface area contributed by atoms with Gasteiger partial charge in [-0.15, -0.1) is 0 Å². The van der Waals surface area contributed by atoms with Crippen LogP contribution in [-0.2, 0) is 6.42 Å².